The van der Waals surface area contributed by atoms with Gasteiger partial charge >= 0.3 is 0 Å². The molecule has 2 saturated heterocycles. The average molecular weight is 238 g/mol. The largest absolute Gasteiger partial charge is 0.339 e. The topological polar surface area (TPSA) is 44.4 Å². The van der Waals surface area contributed by atoms with Crippen LogP contribution in [-0.2, 0) is 4.79 Å². The number of amides is 1. The van der Waals surface area contributed by atoms with Gasteiger partial charge in [-0.3, -0.25) is 10.1 Å². The molecule has 0 aliphatic carbocycles. The van der Waals surface area contributed by atoms with Gasteiger partial charge in [-0.1, -0.05) is 0 Å². The van der Waals surface area contributed by atoms with Gasteiger partial charge in [-0.15, -0.1) is 24.2 Å². The maximum absolute atomic E-state index is 11.8. The SMILES string of the molecule is Cl.O=C([C@H]1CSCN1)N1CCNCC1. The number of piperazine rings is 1. The molecule has 14 heavy (non-hydrogen) atoms. The molecule has 4 nitrogen and oxygen atoms in total. The van der Waals surface area contributed by atoms with E-state index in [-0.39, 0.29) is 24.4 Å². The van der Waals surface area contributed by atoms with Crippen LogP contribution >= 0.6 is 24.2 Å². The van der Waals surface area contributed by atoms with Gasteiger partial charge in [0.15, 0.2) is 0 Å². The normalized spacial score (nSPS) is 27.1. The highest BCUT2D eigenvalue weighted by Gasteiger charge is 2.27. The van der Waals surface area contributed by atoms with Crippen molar-refractivity contribution in [3.8, 4) is 0 Å². The second-order valence-electron chi connectivity index (χ2n) is 3.35. The van der Waals surface area contributed by atoms with E-state index in [9.17, 15) is 4.79 Å². The minimum Gasteiger partial charge on any atom is -0.339 e. The van der Waals surface area contributed by atoms with E-state index >= 15 is 0 Å². The molecule has 2 aliphatic rings. The Morgan fingerprint density at radius 3 is 2.64 bits per heavy atom. The molecule has 2 heterocycles. The third-order valence-electron chi connectivity index (χ3n) is 2.44. The van der Waals surface area contributed by atoms with E-state index in [0.717, 1.165) is 37.8 Å². The first kappa shape index (κ1) is 12.1. The molecular weight excluding hydrogens is 222 g/mol. The fraction of sp³-hybridized carbons (Fsp3) is 0.875. The minimum absolute atomic E-state index is 0. The van der Waals surface area contributed by atoms with E-state index < -0.39 is 0 Å². The summed E-state index contributed by atoms with van der Waals surface area (Å²) in [6.45, 7) is 3.60. The first-order valence-corrected chi connectivity index (χ1v) is 5.84. The summed E-state index contributed by atoms with van der Waals surface area (Å²) in [4.78, 5) is 13.8. The van der Waals surface area contributed by atoms with Crippen molar-refractivity contribution in [2.24, 2.45) is 0 Å². The summed E-state index contributed by atoms with van der Waals surface area (Å²) in [7, 11) is 0. The maximum atomic E-state index is 11.8. The molecule has 2 aliphatic heterocycles. The molecule has 0 aromatic carbocycles. The first-order valence-electron chi connectivity index (χ1n) is 4.68. The van der Waals surface area contributed by atoms with Crippen LogP contribution in [0.4, 0.5) is 0 Å². The molecule has 2 N–H and O–H groups in total. The lowest BCUT2D eigenvalue weighted by atomic mass is 10.2. The van der Waals surface area contributed by atoms with Crippen LogP contribution in [0.1, 0.15) is 0 Å². The zero-order chi connectivity index (χ0) is 9.10. The molecule has 2 rings (SSSR count). The Bertz CT molecular complexity index is 193. The van der Waals surface area contributed by atoms with Crippen LogP contribution in [-0.4, -0.2) is 54.7 Å². The van der Waals surface area contributed by atoms with Crippen molar-refractivity contribution in [3.05, 3.63) is 0 Å². The Hall–Kier alpha value is 0.0300. The van der Waals surface area contributed by atoms with E-state index in [2.05, 4.69) is 10.6 Å². The molecule has 0 unspecified atom stereocenters. The second kappa shape index (κ2) is 5.80. The van der Waals surface area contributed by atoms with Gasteiger partial charge in [-0.25, -0.2) is 0 Å². The van der Waals surface area contributed by atoms with Crippen molar-refractivity contribution in [2.75, 3.05) is 37.8 Å². The number of carbonyl (C=O) groups is 1. The third-order valence-corrected chi connectivity index (χ3v) is 3.38. The number of hydrogen-bond acceptors (Lipinski definition) is 4. The highest BCUT2D eigenvalue weighted by Crippen LogP contribution is 2.12. The fourth-order valence-corrected chi connectivity index (χ4v) is 2.59. The van der Waals surface area contributed by atoms with Gasteiger partial charge in [0.05, 0.1) is 6.04 Å². The molecule has 0 saturated carbocycles. The summed E-state index contributed by atoms with van der Waals surface area (Å²) in [6, 6.07) is 0.0723. The Morgan fingerprint density at radius 1 is 1.36 bits per heavy atom. The van der Waals surface area contributed by atoms with E-state index in [4.69, 9.17) is 0 Å². The second-order valence-corrected chi connectivity index (χ2v) is 4.38. The van der Waals surface area contributed by atoms with Crippen LogP contribution < -0.4 is 10.6 Å². The molecule has 6 heteroatoms. The van der Waals surface area contributed by atoms with Crippen molar-refractivity contribution in [2.45, 2.75) is 6.04 Å². The lowest BCUT2D eigenvalue weighted by Gasteiger charge is -2.29. The van der Waals surface area contributed by atoms with Crippen molar-refractivity contribution in [1.82, 2.24) is 15.5 Å². The Labute approximate surface area is 94.6 Å². The minimum atomic E-state index is 0. The van der Waals surface area contributed by atoms with Gasteiger partial charge in [-0.05, 0) is 0 Å². The van der Waals surface area contributed by atoms with Crippen LogP contribution in [0.25, 0.3) is 0 Å². The van der Waals surface area contributed by atoms with Gasteiger partial charge in [0, 0.05) is 37.8 Å². The molecule has 0 radical (unpaired) electrons. The molecule has 1 amide bonds. The summed E-state index contributed by atoms with van der Waals surface area (Å²) in [6.07, 6.45) is 0. The van der Waals surface area contributed by atoms with Crippen LogP contribution in [0.2, 0.25) is 0 Å². The molecule has 82 valence electrons. The summed E-state index contributed by atoms with van der Waals surface area (Å²) in [5.74, 6) is 2.14. The van der Waals surface area contributed by atoms with Crippen molar-refractivity contribution in [3.63, 3.8) is 0 Å². The van der Waals surface area contributed by atoms with Gasteiger partial charge in [0.1, 0.15) is 0 Å². The Morgan fingerprint density at radius 2 is 2.07 bits per heavy atom. The predicted molar refractivity (Wildman–Crippen MR) is 60.9 cm³/mol. The highest BCUT2D eigenvalue weighted by atomic mass is 35.5. The molecule has 1 atom stereocenters. The molecule has 2 fully saturated rings. The number of rotatable bonds is 1. The van der Waals surface area contributed by atoms with E-state index in [1.807, 2.05) is 4.90 Å². The monoisotopic (exact) mass is 237 g/mol. The van der Waals surface area contributed by atoms with Crippen molar-refractivity contribution in [1.29, 1.82) is 0 Å². The van der Waals surface area contributed by atoms with Crippen molar-refractivity contribution < 1.29 is 4.79 Å². The quantitative estimate of drug-likeness (QED) is 0.646. The van der Waals surface area contributed by atoms with Crippen LogP contribution in [0.3, 0.4) is 0 Å². The predicted octanol–water partition coefficient (Wildman–Crippen LogP) is -0.497. The van der Waals surface area contributed by atoms with Gasteiger partial charge in [0.25, 0.3) is 0 Å². The van der Waals surface area contributed by atoms with E-state index in [1.165, 1.54) is 0 Å². The van der Waals surface area contributed by atoms with Crippen LogP contribution in [0.15, 0.2) is 0 Å². The maximum Gasteiger partial charge on any atom is 0.240 e. The number of hydrogen-bond donors (Lipinski definition) is 2. The molecule has 0 spiro atoms. The van der Waals surface area contributed by atoms with Gasteiger partial charge in [0.2, 0.25) is 5.91 Å². The molecular formula is C8H16ClN3OS. The van der Waals surface area contributed by atoms with E-state index in [1.54, 1.807) is 11.8 Å². The van der Waals surface area contributed by atoms with Crippen LogP contribution in [0.5, 0.6) is 0 Å². The summed E-state index contributed by atoms with van der Waals surface area (Å²) < 4.78 is 0. The summed E-state index contributed by atoms with van der Waals surface area (Å²) >= 11 is 1.80. The zero-order valence-corrected chi connectivity index (χ0v) is 9.62. The average Bonchev–Trinajstić information content (AvgIpc) is 2.71. The van der Waals surface area contributed by atoms with E-state index in [0.29, 0.717) is 0 Å². The Kier molecular flexibility index (Phi) is 5.01. The number of nitrogens with one attached hydrogen (secondary N) is 2. The fourth-order valence-electron chi connectivity index (χ4n) is 1.66. The zero-order valence-electron chi connectivity index (χ0n) is 7.99. The molecule has 0 bridgehead atoms. The molecule has 0 aromatic heterocycles. The summed E-state index contributed by atoms with van der Waals surface area (Å²) in [5, 5.41) is 6.45. The smallest absolute Gasteiger partial charge is 0.240 e. The molecule has 0 aromatic rings. The lowest BCUT2D eigenvalue weighted by molar-refractivity contribution is -0.133. The number of carbonyl (C=O) groups excluding carboxylic acids is 1. The summed E-state index contributed by atoms with van der Waals surface area (Å²) in [5.41, 5.74) is 0. The number of halogens is 1. The number of thioether (sulfide) groups is 1. The van der Waals surface area contributed by atoms with Crippen molar-refractivity contribution >= 4 is 30.1 Å². The standard InChI is InChI=1S/C8H15N3OS.ClH/c12-8(7-5-13-6-10-7)11-3-1-9-2-4-11;/h7,9-10H,1-6H2;1H/t7-;/m1./s1. The Balaban J connectivity index is 0.000000980. The first-order chi connectivity index (χ1) is 6.38. The van der Waals surface area contributed by atoms with Crippen LogP contribution in [0, 0.1) is 0 Å². The third kappa shape index (κ3) is 2.76. The highest BCUT2D eigenvalue weighted by molar-refractivity contribution is 7.99. The lowest BCUT2D eigenvalue weighted by Crippen LogP contribution is -2.52. The van der Waals surface area contributed by atoms with Gasteiger partial charge in [-0.2, -0.15) is 0 Å². The van der Waals surface area contributed by atoms with Gasteiger partial charge < -0.3 is 10.2 Å². The number of nitrogens with zero attached hydrogens (tertiary/aromatic N) is 1.